The number of rotatable bonds is 9. The van der Waals surface area contributed by atoms with Crippen LogP contribution in [-0.2, 0) is 20.7 Å². The zero-order valence-corrected chi connectivity index (χ0v) is 24.4. The van der Waals surface area contributed by atoms with Crippen molar-refractivity contribution in [3.8, 4) is 11.1 Å². The Balaban J connectivity index is 1.27. The molecule has 0 radical (unpaired) electrons. The van der Waals surface area contributed by atoms with Gasteiger partial charge in [-0.05, 0) is 59.9 Å². The zero-order valence-electron chi connectivity index (χ0n) is 24.4. The van der Waals surface area contributed by atoms with Crippen LogP contribution in [0, 0.1) is 5.92 Å². The molecular formula is C36H41N3O3. The van der Waals surface area contributed by atoms with Crippen molar-refractivity contribution in [2.45, 2.75) is 76.4 Å². The van der Waals surface area contributed by atoms with Crippen molar-refractivity contribution in [2.24, 2.45) is 5.92 Å². The average molecular weight is 564 g/mol. The molecule has 0 bridgehead atoms. The number of hydrogen-bond acceptors (Lipinski definition) is 4. The molecule has 2 aliphatic rings. The zero-order chi connectivity index (χ0) is 28.9. The van der Waals surface area contributed by atoms with Crippen LogP contribution >= 0.6 is 0 Å². The van der Waals surface area contributed by atoms with Crippen molar-refractivity contribution in [2.75, 3.05) is 6.61 Å². The van der Waals surface area contributed by atoms with Gasteiger partial charge in [0.1, 0.15) is 0 Å². The lowest BCUT2D eigenvalue weighted by atomic mass is 9.79. The van der Waals surface area contributed by atoms with Crippen LogP contribution in [0.25, 0.3) is 22.0 Å². The summed E-state index contributed by atoms with van der Waals surface area (Å²) in [7, 11) is 0. The Morgan fingerprint density at radius 1 is 0.905 bits per heavy atom. The highest BCUT2D eigenvalue weighted by Crippen LogP contribution is 2.40. The van der Waals surface area contributed by atoms with Crippen molar-refractivity contribution < 1.29 is 14.3 Å². The molecule has 1 amide bonds. The molecule has 3 aromatic carbocycles. The Morgan fingerprint density at radius 2 is 1.62 bits per heavy atom. The Labute approximate surface area is 248 Å². The second-order valence-electron chi connectivity index (χ2n) is 11.8. The quantitative estimate of drug-likeness (QED) is 0.149. The van der Waals surface area contributed by atoms with Crippen molar-refractivity contribution in [3.05, 3.63) is 95.7 Å². The summed E-state index contributed by atoms with van der Waals surface area (Å²) in [6.45, 7) is 2.40. The highest BCUT2D eigenvalue weighted by atomic mass is 16.5. The molecule has 1 unspecified atom stereocenters. The lowest BCUT2D eigenvalue weighted by Crippen LogP contribution is -2.52. The monoisotopic (exact) mass is 563 g/mol. The van der Waals surface area contributed by atoms with Crippen LogP contribution in [0.4, 0.5) is 0 Å². The van der Waals surface area contributed by atoms with Crippen LogP contribution < -0.4 is 10.6 Å². The van der Waals surface area contributed by atoms with Gasteiger partial charge >= 0.3 is 5.97 Å². The number of nitrogens with one attached hydrogen (secondary N) is 3. The molecule has 218 valence electrons. The molecule has 1 aliphatic heterocycles. The number of ether oxygens (including phenoxy) is 1. The molecule has 3 N–H and O–H groups in total. The first-order valence-corrected chi connectivity index (χ1v) is 15.6. The molecule has 6 heteroatoms. The van der Waals surface area contributed by atoms with Gasteiger partial charge in [0.25, 0.3) is 0 Å². The summed E-state index contributed by atoms with van der Waals surface area (Å²) in [5, 5.41) is 8.00. The van der Waals surface area contributed by atoms with Gasteiger partial charge in [-0.25, -0.2) is 4.79 Å². The number of esters is 1. The van der Waals surface area contributed by atoms with Gasteiger partial charge in [0.05, 0.1) is 18.7 Å². The minimum atomic E-state index is -0.876. The second kappa shape index (κ2) is 13.0. The summed E-state index contributed by atoms with van der Waals surface area (Å²) in [6, 6.07) is 25.1. The summed E-state index contributed by atoms with van der Waals surface area (Å²) in [4.78, 5) is 31.1. The third kappa shape index (κ3) is 6.00. The van der Waals surface area contributed by atoms with Gasteiger partial charge in [-0.3, -0.25) is 10.1 Å². The van der Waals surface area contributed by atoms with Crippen molar-refractivity contribution in [1.82, 2.24) is 15.6 Å². The molecule has 1 aromatic heterocycles. The Kier molecular flexibility index (Phi) is 8.71. The summed E-state index contributed by atoms with van der Waals surface area (Å²) in [6.07, 6.45) is 8.31. The number of aromatic amines is 1. The maximum Gasteiger partial charge on any atom is 0.333 e. The molecule has 0 saturated heterocycles. The van der Waals surface area contributed by atoms with E-state index in [-0.39, 0.29) is 11.9 Å². The number of para-hydroxylation sites is 1. The number of fused-ring (bicyclic) bond motifs is 3. The largest absolute Gasteiger partial charge is 0.464 e. The SMILES string of the molecule is CCCCOC(=O)C(NC(=O)[C@H]1Cc2c([nH]c3ccccc23)[C@H](C2CCCCC2)N1)c1ccc(-c2ccccc2)cc1. The van der Waals surface area contributed by atoms with E-state index in [1.807, 2.05) is 42.5 Å². The van der Waals surface area contributed by atoms with Gasteiger partial charge in [-0.15, -0.1) is 0 Å². The average Bonchev–Trinajstić information content (AvgIpc) is 3.43. The number of benzene rings is 3. The molecule has 1 saturated carbocycles. The molecule has 1 fully saturated rings. The molecule has 0 spiro atoms. The summed E-state index contributed by atoms with van der Waals surface area (Å²) in [5.74, 6) is -0.116. The standard InChI is InChI=1S/C36H41N3O3/c1-2-3-22-42-36(41)33(27-20-18-25(19-21-27)24-12-6-4-7-13-24)39-35(40)31-23-29-28-16-10-11-17-30(28)37-34(29)32(38-31)26-14-8-5-9-15-26/h4,6-7,10-13,16-21,26,31-33,37-38H,2-3,5,8-9,14-15,22-23H2,1H3,(H,39,40)/t31-,32+,33?/m1/s1. The number of unbranched alkanes of at least 4 members (excludes halogenated alkanes) is 1. The first kappa shape index (κ1) is 28.2. The second-order valence-corrected chi connectivity index (χ2v) is 11.8. The van der Waals surface area contributed by atoms with Crippen LogP contribution in [0.3, 0.4) is 0 Å². The third-order valence-corrected chi connectivity index (χ3v) is 9.00. The minimum absolute atomic E-state index is 0.0808. The van der Waals surface area contributed by atoms with Gasteiger partial charge in [0.15, 0.2) is 6.04 Å². The maximum absolute atomic E-state index is 14.0. The molecule has 6 nitrogen and oxygen atoms in total. The fraction of sp³-hybridized carbons (Fsp3) is 0.389. The topological polar surface area (TPSA) is 83.2 Å². The summed E-state index contributed by atoms with van der Waals surface area (Å²) >= 11 is 0. The van der Waals surface area contributed by atoms with E-state index in [1.165, 1.54) is 35.9 Å². The summed E-state index contributed by atoms with van der Waals surface area (Å²) in [5.41, 5.74) is 6.43. The Morgan fingerprint density at radius 3 is 2.38 bits per heavy atom. The molecule has 4 aromatic rings. The van der Waals surface area contributed by atoms with Gasteiger partial charge in [0, 0.05) is 16.6 Å². The summed E-state index contributed by atoms with van der Waals surface area (Å²) < 4.78 is 5.64. The molecule has 3 atom stereocenters. The molecule has 42 heavy (non-hydrogen) atoms. The van der Waals surface area contributed by atoms with Gasteiger partial charge in [-0.1, -0.05) is 105 Å². The predicted octanol–water partition coefficient (Wildman–Crippen LogP) is 7.17. The van der Waals surface area contributed by atoms with E-state index in [4.69, 9.17) is 4.74 Å². The fourth-order valence-corrected chi connectivity index (χ4v) is 6.70. The molecule has 2 heterocycles. The highest BCUT2D eigenvalue weighted by Gasteiger charge is 2.38. The first-order chi connectivity index (χ1) is 20.6. The van der Waals surface area contributed by atoms with E-state index in [9.17, 15) is 9.59 Å². The first-order valence-electron chi connectivity index (χ1n) is 15.6. The molecule has 6 rings (SSSR count). The van der Waals surface area contributed by atoms with Gasteiger partial charge < -0.3 is 15.0 Å². The Hall–Kier alpha value is -3.90. The number of carbonyl (C=O) groups is 2. The van der Waals surface area contributed by atoms with Crippen LogP contribution in [-0.4, -0.2) is 29.5 Å². The van der Waals surface area contributed by atoms with Crippen LogP contribution in [0.2, 0.25) is 0 Å². The third-order valence-electron chi connectivity index (χ3n) is 9.00. The fourth-order valence-electron chi connectivity index (χ4n) is 6.70. The van der Waals surface area contributed by atoms with Gasteiger partial charge in [-0.2, -0.15) is 0 Å². The molecule has 1 aliphatic carbocycles. The van der Waals surface area contributed by atoms with E-state index in [1.54, 1.807) is 0 Å². The number of aromatic nitrogens is 1. The number of H-pyrrole nitrogens is 1. The lowest BCUT2D eigenvalue weighted by Gasteiger charge is -2.37. The minimum Gasteiger partial charge on any atom is -0.464 e. The van der Waals surface area contributed by atoms with E-state index >= 15 is 0 Å². The van der Waals surface area contributed by atoms with Crippen LogP contribution in [0.15, 0.2) is 78.9 Å². The number of amides is 1. The van der Waals surface area contributed by atoms with Gasteiger partial charge in [0.2, 0.25) is 5.91 Å². The number of hydrogen-bond donors (Lipinski definition) is 3. The smallest absolute Gasteiger partial charge is 0.333 e. The maximum atomic E-state index is 14.0. The van der Waals surface area contributed by atoms with Crippen LogP contribution in [0.1, 0.15) is 80.8 Å². The Bertz CT molecular complexity index is 1510. The molecular weight excluding hydrogens is 522 g/mol. The van der Waals surface area contributed by atoms with E-state index in [2.05, 4.69) is 58.9 Å². The van der Waals surface area contributed by atoms with E-state index in [0.717, 1.165) is 47.9 Å². The van der Waals surface area contributed by atoms with Crippen molar-refractivity contribution in [1.29, 1.82) is 0 Å². The highest BCUT2D eigenvalue weighted by molar-refractivity contribution is 5.91. The van der Waals surface area contributed by atoms with E-state index < -0.39 is 18.1 Å². The lowest BCUT2D eigenvalue weighted by molar-refractivity contribution is -0.148. The van der Waals surface area contributed by atoms with Crippen molar-refractivity contribution in [3.63, 3.8) is 0 Å². The number of carbonyl (C=O) groups excluding carboxylic acids is 2. The van der Waals surface area contributed by atoms with Crippen molar-refractivity contribution >= 4 is 22.8 Å². The van der Waals surface area contributed by atoms with Crippen LogP contribution in [0.5, 0.6) is 0 Å². The predicted molar refractivity (Wildman–Crippen MR) is 167 cm³/mol. The normalized spacial score (nSPS) is 19.6. The van der Waals surface area contributed by atoms with E-state index in [0.29, 0.717) is 18.9 Å².